The highest BCUT2D eigenvalue weighted by Crippen LogP contribution is 2.20. The summed E-state index contributed by atoms with van der Waals surface area (Å²) in [6.45, 7) is 5.19. The maximum Gasteiger partial charge on any atom is 0.243 e. The molecule has 0 radical (unpaired) electrons. The van der Waals surface area contributed by atoms with Crippen LogP contribution >= 0.6 is 11.8 Å². The molecule has 0 spiro atoms. The Balaban J connectivity index is 1.84. The van der Waals surface area contributed by atoms with E-state index in [0.717, 1.165) is 35.3 Å². The van der Waals surface area contributed by atoms with Crippen LogP contribution in [-0.2, 0) is 28.3 Å². The lowest BCUT2D eigenvalue weighted by Crippen LogP contribution is -2.51. The number of amides is 2. The van der Waals surface area contributed by atoms with Crippen LogP contribution in [-0.4, -0.2) is 35.1 Å². The van der Waals surface area contributed by atoms with E-state index in [1.165, 1.54) is 5.56 Å². The molecule has 35 heavy (non-hydrogen) atoms. The molecule has 0 aliphatic carbocycles. The van der Waals surface area contributed by atoms with Gasteiger partial charge in [0.15, 0.2) is 0 Å². The van der Waals surface area contributed by atoms with Crippen LogP contribution in [0.3, 0.4) is 0 Å². The number of rotatable bonds is 13. The zero-order valence-electron chi connectivity index (χ0n) is 20.8. The number of benzene rings is 3. The van der Waals surface area contributed by atoms with E-state index in [1.54, 1.807) is 16.7 Å². The lowest BCUT2D eigenvalue weighted by molar-refractivity contribution is -0.139. The summed E-state index contributed by atoms with van der Waals surface area (Å²) in [5.74, 6) is 0.989. The van der Waals surface area contributed by atoms with Crippen molar-refractivity contribution >= 4 is 23.6 Å². The molecule has 3 aromatic carbocycles. The second-order valence-electron chi connectivity index (χ2n) is 8.78. The fraction of sp³-hybridized carbons (Fsp3) is 0.333. The molecule has 0 bridgehead atoms. The summed E-state index contributed by atoms with van der Waals surface area (Å²) in [4.78, 5) is 28.9. The van der Waals surface area contributed by atoms with E-state index in [0.29, 0.717) is 25.3 Å². The molecule has 5 heteroatoms. The van der Waals surface area contributed by atoms with Gasteiger partial charge in [-0.1, -0.05) is 98.3 Å². The van der Waals surface area contributed by atoms with E-state index < -0.39 is 6.04 Å². The number of nitrogens with zero attached hydrogens (tertiary/aromatic N) is 1. The molecule has 0 aromatic heterocycles. The van der Waals surface area contributed by atoms with E-state index >= 15 is 0 Å². The number of thioether (sulfide) groups is 1. The monoisotopic (exact) mass is 488 g/mol. The van der Waals surface area contributed by atoms with Gasteiger partial charge in [0.2, 0.25) is 11.8 Å². The first kappa shape index (κ1) is 26.6. The number of hydrogen-bond donors (Lipinski definition) is 1. The average molecular weight is 489 g/mol. The lowest BCUT2D eigenvalue weighted by Gasteiger charge is -2.32. The Hall–Kier alpha value is -3.05. The van der Waals surface area contributed by atoms with Gasteiger partial charge in [0.25, 0.3) is 0 Å². The first-order valence-electron chi connectivity index (χ1n) is 12.4. The highest BCUT2D eigenvalue weighted by Gasteiger charge is 2.30. The second kappa shape index (κ2) is 14.4. The Morgan fingerprint density at radius 3 is 2.17 bits per heavy atom. The Labute approximate surface area is 214 Å². The normalized spacial score (nSPS) is 11.6. The molecule has 0 heterocycles. The van der Waals surface area contributed by atoms with E-state index in [-0.39, 0.29) is 11.8 Å². The SMILES string of the molecule is CCCCNC(=O)C(Cc1ccccc1)N(Cc1ccccc1C)C(=O)CSCc1ccccc1. The van der Waals surface area contributed by atoms with Crippen molar-refractivity contribution in [2.24, 2.45) is 0 Å². The average Bonchev–Trinajstić information content (AvgIpc) is 2.88. The molecule has 0 aliphatic rings. The van der Waals surface area contributed by atoms with Crippen molar-refractivity contribution in [1.82, 2.24) is 10.2 Å². The fourth-order valence-electron chi connectivity index (χ4n) is 3.94. The zero-order chi connectivity index (χ0) is 24.9. The van der Waals surface area contributed by atoms with Gasteiger partial charge in [0.05, 0.1) is 5.75 Å². The Kier molecular flexibility index (Phi) is 10.9. The molecule has 3 rings (SSSR count). The van der Waals surface area contributed by atoms with Crippen molar-refractivity contribution in [3.05, 3.63) is 107 Å². The molecule has 0 saturated heterocycles. The number of carbonyl (C=O) groups is 2. The third-order valence-electron chi connectivity index (χ3n) is 6.04. The molecule has 2 amide bonds. The summed E-state index contributed by atoms with van der Waals surface area (Å²) in [7, 11) is 0. The van der Waals surface area contributed by atoms with Crippen molar-refractivity contribution in [2.75, 3.05) is 12.3 Å². The summed E-state index contributed by atoms with van der Waals surface area (Å²) in [5.41, 5.74) is 4.41. The van der Waals surface area contributed by atoms with Gasteiger partial charge in [0, 0.05) is 25.3 Å². The van der Waals surface area contributed by atoms with Crippen LogP contribution < -0.4 is 5.32 Å². The van der Waals surface area contributed by atoms with Gasteiger partial charge in [-0.2, -0.15) is 0 Å². The first-order chi connectivity index (χ1) is 17.1. The Morgan fingerprint density at radius 1 is 0.886 bits per heavy atom. The van der Waals surface area contributed by atoms with Crippen LogP contribution in [0, 0.1) is 6.92 Å². The summed E-state index contributed by atoms with van der Waals surface area (Å²) in [5, 5.41) is 3.08. The summed E-state index contributed by atoms with van der Waals surface area (Å²) < 4.78 is 0. The molecule has 3 aromatic rings. The molecule has 1 unspecified atom stereocenters. The lowest BCUT2D eigenvalue weighted by atomic mass is 10.0. The number of aryl methyl sites for hydroxylation is 1. The van der Waals surface area contributed by atoms with Gasteiger partial charge in [-0.25, -0.2) is 0 Å². The van der Waals surface area contributed by atoms with Crippen molar-refractivity contribution in [2.45, 2.75) is 51.4 Å². The summed E-state index contributed by atoms with van der Waals surface area (Å²) in [6, 6.07) is 27.6. The number of hydrogen-bond acceptors (Lipinski definition) is 3. The van der Waals surface area contributed by atoms with E-state index in [4.69, 9.17) is 0 Å². The highest BCUT2D eigenvalue weighted by atomic mass is 32.2. The molecular formula is C30H36N2O2S. The standard InChI is InChI=1S/C30H36N2O2S/c1-3-4-19-31-30(34)28(20-25-14-7-5-8-15-25)32(21-27-18-12-11-13-24(27)2)29(33)23-35-22-26-16-9-6-10-17-26/h5-18,28H,3-4,19-23H2,1-2H3,(H,31,34). The summed E-state index contributed by atoms with van der Waals surface area (Å²) in [6.07, 6.45) is 2.41. The Morgan fingerprint density at radius 2 is 1.51 bits per heavy atom. The van der Waals surface area contributed by atoms with Crippen LogP contribution in [0.1, 0.15) is 42.0 Å². The predicted molar refractivity (Wildman–Crippen MR) is 146 cm³/mol. The van der Waals surface area contributed by atoms with Crippen LogP contribution in [0.25, 0.3) is 0 Å². The molecule has 1 N–H and O–H groups in total. The highest BCUT2D eigenvalue weighted by molar-refractivity contribution is 7.99. The molecule has 0 saturated carbocycles. The van der Waals surface area contributed by atoms with Gasteiger partial charge in [-0.15, -0.1) is 11.8 Å². The zero-order valence-corrected chi connectivity index (χ0v) is 21.6. The topological polar surface area (TPSA) is 49.4 Å². The Bertz CT molecular complexity index is 1060. The summed E-state index contributed by atoms with van der Waals surface area (Å²) >= 11 is 1.59. The third kappa shape index (κ3) is 8.59. The first-order valence-corrected chi connectivity index (χ1v) is 13.5. The van der Waals surface area contributed by atoms with Crippen molar-refractivity contribution in [3.63, 3.8) is 0 Å². The minimum atomic E-state index is -0.571. The molecule has 4 nitrogen and oxygen atoms in total. The van der Waals surface area contributed by atoms with Crippen molar-refractivity contribution in [1.29, 1.82) is 0 Å². The van der Waals surface area contributed by atoms with Gasteiger partial charge in [-0.05, 0) is 35.6 Å². The molecule has 184 valence electrons. The second-order valence-corrected chi connectivity index (χ2v) is 9.76. The van der Waals surface area contributed by atoms with Crippen LogP contribution in [0.2, 0.25) is 0 Å². The number of nitrogens with one attached hydrogen (secondary N) is 1. The van der Waals surface area contributed by atoms with E-state index in [1.807, 2.05) is 66.7 Å². The van der Waals surface area contributed by atoms with Crippen LogP contribution in [0.5, 0.6) is 0 Å². The molecule has 0 fully saturated rings. The van der Waals surface area contributed by atoms with Gasteiger partial charge in [0.1, 0.15) is 6.04 Å². The fourth-order valence-corrected chi connectivity index (χ4v) is 4.82. The van der Waals surface area contributed by atoms with Gasteiger partial charge in [-0.3, -0.25) is 9.59 Å². The smallest absolute Gasteiger partial charge is 0.243 e. The van der Waals surface area contributed by atoms with E-state index in [9.17, 15) is 9.59 Å². The minimum absolute atomic E-state index is 0.0132. The quantitative estimate of drug-likeness (QED) is 0.310. The maximum atomic E-state index is 13.6. The number of unbranched alkanes of at least 4 members (excludes halogenated alkanes) is 1. The van der Waals surface area contributed by atoms with Crippen LogP contribution in [0.15, 0.2) is 84.9 Å². The number of carbonyl (C=O) groups excluding carboxylic acids is 2. The molecular weight excluding hydrogens is 452 g/mol. The largest absolute Gasteiger partial charge is 0.354 e. The predicted octanol–water partition coefficient (Wildman–Crippen LogP) is 5.78. The van der Waals surface area contributed by atoms with Crippen molar-refractivity contribution in [3.8, 4) is 0 Å². The van der Waals surface area contributed by atoms with Gasteiger partial charge >= 0.3 is 0 Å². The minimum Gasteiger partial charge on any atom is -0.354 e. The van der Waals surface area contributed by atoms with E-state index in [2.05, 4.69) is 37.4 Å². The van der Waals surface area contributed by atoms with Crippen LogP contribution in [0.4, 0.5) is 0 Å². The molecule has 1 atom stereocenters. The van der Waals surface area contributed by atoms with Gasteiger partial charge < -0.3 is 10.2 Å². The molecule has 0 aliphatic heterocycles. The van der Waals surface area contributed by atoms with Crippen molar-refractivity contribution < 1.29 is 9.59 Å². The third-order valence-corrected chi connectivity index (χ3v) is 7.03. The maximum absolute atomic E-state index is 13.6.